The van der Waals surface area contributed by atoms with E-state index in [-0.39, 0.29) is 24.8 Å². The fourth-order valence-corrected chi connectivity index (χ4v) is 3.46. The Bertz CT molecular complexity index is 824. The Morgan fingerprint density at radius 2 is 1.86 bits per heavy atom. The molecule has 1 aromatic heterocycles. The Kier molecular flexibility index (Phi) is 9.68. The van der Waals surface area contributed by atoms with Crippen LogP contribution in [0.1, 0.15) is 27.3 Å². The number of thiazole rings is 1. The summed E-state index contributed by atoms with van der Waals surface area (Å²) in [5.74, 6) is -0.589. The number of nitrogens with one attached hydrogen (secondary N) is 2. The predicted octanol–water partition coefficient (Wildman–Crippen LogP) is 3.10. The zero-order valence-corrected chi connectivity index (χ0v) is 18.8. The summed E-state index contributed by atoms with van der Waals surface area (Å²) in [7, 11) is 0. The number of amides is 2. The van der Waals surface area contributed by atoms with Crippen LogP contribution in [0.5, 0.6) is 0 Å². The van der Waals surface area contributed by atoms with Crippen molar-refractivity contribution in [3.8, 4) is 0 Å². The molecular weight excluding hydrogens is 460 g/mol. The average molecular weight is 485 g/mol. The Morgan fingerprint density at radius 3 is 2.52 bits per heavy atom. The molecule has 1 aromatic carbocycles. The molecule has 0 saturated carbocycles. The molecule has 0 spiro atoms. The molecule has 4 N–H and O–H groups in total. The van der Waals surface area contributed by atoms with Crippen LogP contribution >= 0.6 is 27.3 Å². The van der Waals surface area contributed by atoms with Crippen molar-refractivity contribution in [2.45, 2.75) is 20.3 Å². The number of aryl methyl sites for hydroxylation is 2. The highest BCUT2D eigenvalue weighted by atomic mass is 79.9. The lowest BCUT2D eigenvalue weighted by Gasteiger charge is -2.11. The zero-order valence-electron chi connectivity index (χ0n) is 16.4. The van der Waals surface area contributed by atoms with Crippen LogP contribution in [0.2, 0.25) is 0 Å². The van der Waals surface area contributed by atoms with Crippen LogP contribution in [-0.4, -0.2) is 49.8 Å². The van der Waals surface area contributed by atoms with Crippen molar-refractivity contribution in [3.63, 3.8) is 0 Å². The minimum absolute atomic E-state index is 0.166. The molecule has 0 atom stereocenters. The average Bonchev–Trinajstić information content (AvgIpc) is 2.99. The van der Waals surface area contributed by atoms with Crippen LogP contribution in [0.15, 0.2) is 22.7 Å². The number of benzene rings is 1. The van der Waals surface area contributed by atoms with Gasteiger partial charge in [0, 0.05) is 15.9 Å². The fraction of sp³-hybridized carbons (Fsp3) is 0.421. The smallest absolute Gasteiger partial charge is 0.259 e. The molecule has 0 bridgehead atoms. The number of ether oxygens (including phenoxy) is 2. The lowest BCUT2D eigenvalue weighted by molar-refractivity contribution is -0.117. The van der Waals surface area contributed by atoms with Gasteiger partial charge in [0.05, 0.1) is 49.8 Å². The first-order chi connectivity index (χ1) is 13.9. The molecular formula is C19H25BrN4O4S. The maximum absolute atomic E-state index is 12.7. The summed E-state index contributed by atoms with van der Waals surface area (Å²) < 4.78 is 11.3. The summed E-state index contributed by atoms with van der Waals surface area (Å²) in [4.78, 5) is 30.3. The molecule has 1 heterocycles. The molecule has 0 aliphatic rings. The third-order valence-corrected chi connectivity index (χ3v) is 5.34. The second-order valence-corrected chi connectivity index (χ2v) is 8.24. The number of hydrogen-bond donors (Lipinski definition) is 3. The van der Waals surface area contributed by atoms with E-state index in [1.165, 1.54) is 11.3 Å². The predicted molar refractivity (Wildman–Crippen MR) is 118 cm³/mol. The van der Waals surface area contributed by atoms with Gasteiger partial charge in [0.15, 0.2) is 5.13 Å². The number of aromatic nitrogens is 1. The summed E-state index contributed by atoms with van der Waals surface area (Å²) in [6.45, 7) is 5.87. The van der Waals surface area contributed by atoms with Gasteiger partial charge in [0.25, 0.3) is 5.91 Å². The second kappa shape index (κ2) is 12.0. The molecule has 0 aliphatic carbocycles. The highest BCUT2D eigenvalue weighted by Gasteiger charge is 2.16. The maximum Gasteiger partial charge on any atom is 0.259 e. The Balaban J connectivity index is 1.91. The molecule has 8 nitrogen and oxygen atoms in total. The Labute approximate surface area is 182 Å². The van der Waals surface area contributed by atoms with Crippen molar-refractivity contribution in [2.24, 2.45) is 5.73 Å². The number of carbonyl (C=O) groups excluding carboxylic acids is 2. The van der Waals surface area contributed by atoms with Crippen molar-refractivity contribution >= 4 is 49.9 Å². The largest absolute Gasteiger partial charge is 0.379 e. The van der Waals surface area contributed by atoms with Crippen molar-refractivity contribution in [2.75, 3.05) is 43.6 Å². The van der Waals surface area contributed by atoms with Gasteiger partial charge in [-0.2, -0.15) is 0 Å². The van der Waals surface area contributed by atoms with E-state index in [0.29, 0.717) is 42.7 Å². The van der Waals surface area contributed by atoms with Gasteiger partial charge in [-0.1, -0.05) is 15.9 Å². The minimum atomic E-state index is -0.344. The molecule has 2 amide bonds. The van der Waals surface area contributed by atoms with E-state index in [1.807, 2.05) is 13.8 Å². The van der Waals surface area contributed by atoms with Gasteiger partial charge in [-0.15, -0.1) is 11.3 Å². The van der Waals surface area contributed by atoms with E-state index in [2.05, 4.69) is 31.5 Å². The SMILES string of the molecule is Cc1nc(NC(=O)c2cc(Br)ccc2NC(=O)CCOCCOCCN)sc1C. The van der Waals surface area contributed by atoms with E-state index in [0.717, 1.165) is 15.0 Å². The molecule has 158 valence electrons. The van der Waals surface area contributed by atoms with Crippen LogP contribution in [0.4, 0.5) is 10.8 Å². The molecule has 10 heteroatoms. The Morgan fingerprint density at radius 1 is 1.14 bits per heavy atom. The number of nitrogens with zero attached hydrogens (tertiary/aromatic N) is 1. The third-order valence-electron chi connectivity index (χ3n) is 3.86. The molecule has 29 heavy (non-hydrogen) atoms. The van der Waals surface area contributed by atoms with E-state index in [1.54, 1.807) is 18.2 Å². The lowest BCUT2D eigenvalue weighted by atomic mass is 10.1. The number of hydrogen-bond acceptors (Lipinski definition) is 7. The first-order valence-corrected chi connectivity index (χ1v) is 10.7. The fourth-order valence-electron chi connectivity index (χ4n) is 2.29. The molecule has 0 unspecified atom stereocenters. The van der Waals surface area contributed by atoms with Gasteiger partial charge in [0.2, 0.25) is 5.91 Å². The van der Waals surface area contributed by atoms with Crippen LogP contribution in [0.25, 0.3) is 0 Å². The molecule has 2 aromatic rings. The van der Waals surface area contributed by atoms with E-state index in [4.69, 9.17) is 15.2 Å². The summed E-state index contributed by atoms with van der Waals surface area (Å²) in [5.41, 5.74) is 6.96. The van der Waals surface area contributed by atoms with Crippen molar-refractivity contribution < 1.29 is 19.1 Å². The van der Waals surface area contributed by atoms with Crippen molar-refractivity contribution in [3.05, 3.63) is 38.8 Å². The minimum Gasteiger partial charge on any atom is -0.379 e. The van der Waals surface area contributed by atoms with E-state index >= 15 is 0 Å². The molecule has 0 saturated heterocycles. The van der Waals surface area contributed by atoms with Gasteiger partial charge in [-0.3, -0.25) is 14.9 Å². The number of nitrogens with two attached hydrogens (primary N) is 1. The zero-order chi connectivity index (χ0) is 21.2. The number of rotatable bonds is 11. The maximum atomic E-state index is 12.7. The van der Waals surface area contributed by atoms with Crippen LogP contribution in [-0.2, 0) is 14.3 Å². The molecule has 2 rings (SSSR count). The highest BCUT2D eigenvalue weighted by Crippen LogP contribution is 2.25. The van der Waals surface area contributed by atoms with E-state index < -0.39 is 0 Å². The van der Waals surface area contributed by atoms with E-state index in [9.17, 15) is 9.59 Å². The van der Waals surface area contributed by atoms with Gasteiger partial charge in [-0.25, -0.2) is 4.98 Å². The lowest BCUT2D eigenvalue weighted by Crippen LogP contribution is -2.19. The monoisotopic (exact) mass is 484 g/mol. The molecule has 0 aliphatic heterocycles. The summed E-state index contributed by atoms with van der Waals surface area (Å²) in [6.07, 6.45) is 0.166. The first-order valence-electron chi connectivity index (χ1n) is 9.11. The van der Waals surface area contributed by atoms with Gasteiger partial charge >= 0.3 is 0 Å². The number of halogens is 1. The van der Waals surface area contributed by atoms with Gasteiger partial charge < -0.3 is 20.5 Å². The first kappa shape index (κ1) is 23.4. The normalized spacial score (nSPS) is 10.8. The summed E-state index contributed by atoms with van der Waals surface area (Å²) >= 11 is 4.77. The topological polar surface area (TPSA) is 116 Å². The number of carbonyl (C=O) groups is 2. The standard InChI is InChI=1S/C19H25BrN4O4S/c1-12-13(2)29-19(22-12)24-18(26)15-11-14(20)3-4-16(15)23-17(25)5-7-27-9-10-28-8-6-21/h3-4,11H,5-10,21H2,1-2H3,(H,23,25)(H,22,24,26). The van der Waals surface area contributed by atoms with Gasteiger partial charge in [-0.05, 0) is 32.0 Å². The van der Waals surface area contributed by atoms with Gasteiger partial charge in [0.1, 0.15) is 0 Å². The van der Waals surface area contributed by atoms with Crippen LogP contribution in [0, 0.1) is 13.8 Å². The second-order valence-electron chi connectivity index (χ2n) is 6.12. The van der Waals surface area contributed by atoms with Crippen molar-refractivity contribution in [1.29, 1.82) is 0 Å². The third kappa shape index (κ3) is 7.82. The van der Waals surface area contributed by atoms with Crippen molar-refractivity contribution in [1.82, 2.24) is 4.98 Å². The summed E-state index contributed by atoms with van der Waals surface area (Å²) in [6, 6.07) is 5.09. The van der Waals surface area contributed by atoms with Crippen LogP contribution in [0.3, 0.4) is 0 Å². The quantitative estimate of drug-likeness (QED) is 0.422. The number of anilines is 2. The molecule has 0 radical (unpaired) electrons. The summed E-state index contributed by atoms with van der Waals surface area (Å²) in [5, 5.41) is 6.07. The van der Waals surface area contributed by atoms with Crippen LogP contribution < -0.4 is 16.4 Å². The molecule has 0 fully saturated rings. The highest BCUT2D eigenvalue weighted by molar-refractivity contribution is 9.10. The Hall–Kier alpha value is -1.85.